The van der Waals surface area contributed by atoms with Crippen molar-refractivity contribution in [2.24, 2.45) is 5.92 Å². The molecule has 0 aromatic heterocycles. The van der Waals surface area contributed by atoms with Crippen LogP contribution < -0.4 is 0 Å². The van der Waals surface area contributed by atoms with Crippen molar-refractivity contribution in [2.45, 2.75) is 83.5 Å². The molecule has 2 atom stereocenters. The number of rotatable bonds is 5. The molecule has 21 heavy (non-hydrogen) atoms. The lowest BCUT2D eigenvalue weighted by atomic mass is 9.99. The summed E-state index contributed by atoms with van der Waals surface area (Å²) in [6, 6.07) is -0.164. The maximum absolute atomic E-state index is 12.3. The molecule has 1 saturated heterocycles. The van der Waals surface area contributed by atoms with Crippen LogP contribution in [0, 0.1) is 5.92 Å². The minimum absolute atomic E-state index is 0.131. The molecule has 1 unspecified atom stereocenters. The fourth-order valence-corrected chi connectivity index (χ4v) is 3.66. The molecule has 0 spiro atoms. The van der Waals surface area contributed by atoms with E-state index in [0.717, 1.165) is 25.8 Å². The summed E-state index contributed by atoms with van der Waals surface area (Å²) in [6.07, 6.45) is 7.57. The molecule has 0 bridgehead atoms. The lowest BCUT2D eigenvalue weighted by Gasteiger charge is -2.29. The molecule has 0 amide bonds. The normalized spacial score (nSPS) is 26.2. The minimum atomic E-state index is -0.437. The van der Waals surface area contributed by atoms with Gasteiger partial charge in [0.15, 0.2) is 0 Å². The van der Waals surface area contributed by atoms with E-state index in [0.29, 0.717) is 12.5 Å². The number of aliphatic hydroxyl groups is 1. The number of β-amino-alcohol motifs (C(OH)–C–C–N with tert-alkyl or cyclic N) is 1. The smallest absolute Gasteiger partial charge is 0.323 e. The first kappa shape index (κ1) is 16.8. The number of nitrogens with zero attached hydrogens (tertiary/aromatic N) is 1. The van der Waals surface area contributed by atoms with Crippen LogP contribution in [0.3, 0.4) is 0 Å². The Morgan fingerprint density at radius 2 is 1.90 bits per heavy atom. The van der Waals surface area contributed by atoms with Crippen molar-refractivity contribution in [1.82, 2.24) is 4.90 Å². The van der Waals surface area contributed by atoms with Crippen molar-refractivity contribution in [3.63, 3.8) is 0 Å². The Morgan fingerprint density at radius 3 is 2.52 bits per heavy atom. The molecular formula is C17H31NO3. The van der Waals surface area contributed by atoms with Gasteiger partial charge in [-0.05, 0) is 52.5 Å². The van der Waals surface area contributed by atoms with Gasteiger partial charge in [0, 0.05) is 6.54 Å². The summed E-state index contributed by atoms with van der Waals surface area (Å²) in [5, 5.41) is 10.3. The van der Waals surface area contributed by atoms with Crippen LogP contribution in [-0.4, -0.2) is 46.8 Å². The van der Waals surface area contributed by atoms with Gasteiger partial charge in [-0.25, -0.2) is 0 Å². The molecule has 2 rings (SSSR count). The highest BCUT2D eigenvalue weighted by Gasteiger charge is 2.35. The number of ether oxygens (including phenoxy) is 1. The number of hydrogen-bond donors (Lipinski definition) is 1. The summed E-state index contributed by atoms with van der Waals surface area (Å²) in [6.45, 7) is 7.21. The quantitative estimate of drug-likeness (QED) is 0.793. The molecule has 2 fully saturated rings. The van der Waals surface area contributed by atoms with Gasteiger partial charge in [-0.15, -0.1) is 0 Å². The van der Waals surface area contributed by atoms with Crippen molar-refractivity contribution in [3.8, 4) is 0 Å². The van der Waals surface area contributed by atoms with Crippen LogP contribution in [0.1, 0.15) is 65.7 Å². The van der Waals surface area contributed by atoms with E-state index < -0.39 is 5.60 Å². The zero-order chi connectivity index (χ0) is 15.5. The SMILES string of the molecule is CC(C)(C)OC(=O)[C@@H]1CCCN1CC(O)CC1CCCC1. The second-order valence-electron chi connectivity index (χ2n) is 7.73. The number of esters is 1. The number of carbonyl (C=O) groups excluding carboxylic acids is 1. The molecule has 1 heterocycles. The fourth-order valence-electron chi connectivity index (χ4n) is 3.66. The van der Waals surface area contributed by atoms with Gasteiger partial charge in [-0.2, -0.15) is 0 Å². The van der Waals surface area contributed by atoms with E-state index >= 15 is 0 Å². The van der Waals surface area contributed by atoms with Crippen LogP contribution in [0.5, 0.6) is 0 Å². The molecular weight excluding hydrogens is 266 g/mol. The average Bonchev–Trinajstić information content (AvgIpc) is 2.97. The van der Waals surface area contributed by atoms with Gasteiger partial charge < -0.3 is 9.84 Å². The van der Waals surface area contributed by atoms with E-state index in [1.165, 1.54) is 25.7 Å². The molecule has 122 valence electrons. The van der Waals surface area contributed by atoms with E-state index in [1.54, 1.807) is 0 Å². The Kier molecular flexibility index (Phi) is 5.67. The molecule has 0 aromatic rings. The summed E-state index contributed by atoms with van der Waals surface area (Å²) >= 11 is 0. The summed E-state index contributed by atoms with van der Waals surface area (Å²) in [5.41, 5.74) is -0.437. The van der Waals surface area contributed by atoms with E-state index in [2.05, 4.69) is 4.90 Å². The van der Waals surface area contributed by atoms with Gasteiger partial charge in [-0.3, -0.25) is 9.69 Å². The van der Waals surface area contributed by atoms with E-state index in [4.69, 9.17) is 4.74 Å². The topological polar surface area (TPSA) is 49.8 Å². The van der Waals surface area contributed by atoms with Crippen LogP contribution in [0.25, 0.3) is 0 Å². The lowest BCUT2D eigenvalue weighted by molar-refractivity contribution is -0.160. The molecule has 1 aliphatic heterocycles. The molecule has 1 saturated carbocycles. The van der Waals surface area contributed by atoms with Crippen LogP contribution in [0.2, 0.25) is 0 Å². The number of carbonyl (C=O) groups is 1. The van der Waals surface area contributed by atoms with Crippen molar-refractivity contribution >= 4 is 5.97 Å². The van der Waals surface area contributed by atoms with Crippen molar-refractivity contribution in [1.29, 1.82) is 0 Å². The summed E-state index contributed by atoms with van der Waals surface area (Å²) < 4.78 is 5.50. The fraction of sp³-hybridized carbons (Fsp3) is 0.941. The molecule has 1 aliphatic carbocycles. The highest BCUT2D eigenvalue weighted by Crippen LogP contribution is 2.29. The largest absolute Gasteiger partial charge is 0.459 e. The molecule has 4 nitrogen and oxygen atoms in total. The molecule has 0 radical (unpaired) electrons. The summed E-state index contributed by atoms with van der Waals surface area (Å²) in [5.74, 6) is 0.552. The predicted molar refractivity (Wildman–Crippen MR) is 83.0 cm³/mol. The molecule has 0 aromatic carbocycles. The standard InChI is InChI=1S/C17H31NO3/c1-17(2,3)21-16(20)15-9-6-10-18(15)12-14(19)11-13-7-4-5-8-13/h13-15,19H,4-12H2,1-3H3/t14?,15-/m0/s1. The monoisotopic (exact) mass is 297 g/mol. The summed E-state index contributed by atoms with van der Waals surface area (Å²) in [4.78, 5) is 14.4. The Hall–Kier alpha value is -0.610. The van der Waals surface area contributed by atoms with Gasteiger partial charge in [-0.1, -0.05) is 25.7 Å². The van der Waals surface area contributed by atoms with E-state index in [-0.39, 0.29) is 18.1 Å². The van der Waals surface area contributed by atoms with Crippen molar-refractivity contribution in [2.75, 3.05) is 13.1 Å². The van der Waals surface area contributed by atoms with Crippen LogP contribution in [0.15, 0.2) is 0 Å². The third-order valence-electron chi connectivity index (χ3n) is 4.57. The second-order valence-corrected chi connectivity index (χ2v) is 7.73. The zero-order valence-corrected chi connectivity index (χ0v) is 13.8. The Balaban J connectivity index is 1.82. The maximum atomic E-state index is 12.3. The van der Waals surface area contributed by atoms with Crippen LogP contribution >= 0.6 is 0 Å². The first-order valence-electron chi connectivity index (χ1n) is 8.50. The van der Waals surface area contributed by atoms with E-state index in [9.17, 15) is 9.90 Å². The number of likely N-dealkylation sites (tertiary alicyclic amines) is 1. The summed E-state index contributed by atoms with van der Waals surface area (Å²) in [7, 11) is 0. The van der Waals surface area contributed by atoms with Crippen molar-refractivity contribution in [3.05, 3.63) is 0 Å². The third kappa shape index (κ3) is 5.26. The van der Waals surface area contributed by atoms with Gasteiger partial charge in [0.1, 0.15) is 11.6 Å². The van der Waals surface area contributed by atoms with Gasteiger partial charge in [0.05, 0.1) is 6.10 Å². The maximum Gasteiger partial charge on any atom is 0.323 e. The van der Waals surface area contributed by atoms with E-state index in [1.807, 2.05) is 20.8 Å². The molecule has 1 N–H and O–H groups in total. The number of aliphatic hydroxyl groups excluding tert-OH is 1. The zero-order valence-electron chi connectivity index (χ0n) is 13.8. The Morgan fingerprint density at radius 1 is 1.24 bits per heavy atom. The lowest BCUT2D eigenvalue weighted by Crippen LogP contribution is -2.43. The highest BCUT2D eigenvalue weighted by atomic mass is 16.6. The van der Waals surface area contributed by atoms with Gasteiger partial charge >= 0.3 is 5.97 Å². The van der Waals surface area contributed by atoms with Crippen LogP contribution in [-0.2, 0) is 9.53 Å². The Bertz CT molecular complexity index is 344. The minimum Gasteiger partial charge on any atom is -0.459 e. The van der Waals surface area contributed by atoms with Crippen LogP contribution in [0.4, 0.5) is 0 Å². The Labute approximate surface area is 128 Å². The van der Waals surface area contributed by atoms with Gasteiger partial charge in [0.25, 0.3) is 0 Å². The number of hydrogen-bond acceptors (Lipinski definition) is 4. The third-order valence-corrected chi connectivity index (χ3v) is 4.57. The van der Waals surface area contributed by atoms with Gasteiger partial charge in [0.2, 0.25) is 0 Å². The predicted octanol–water partition coefficient (Wildman–Crippen LogP) is 2.73. The average molecular weight is 297 g/mol. The second kappa shape index (κ2) is 7.10. The molecule has 4 heteroatoms. The first-order chi connectivity index (χ1) is 9.85. The highest BCUT2D eigenvalue weighted by molar-refractivity contribution is 5.76. The van der Waals surface area contributed by atoms with Crippen molar-refractivity contribution < 1.29 is 14.6 Å². The molecule has 2 aliphatic rings. The first-order valence-corrected chi connectivity index (χ1v) is 8.50.